The molecule has 2 atom stereocenters. The van der Waals surface area contributed by atoms with Gasteiger partial charge in [-0.15, -0.1) is 0 Å². The molecule has 0 unspecified atom stereocenters. The lowest BCUT2D eigenvalue weighted by Gasteiger charge is -2.18. The van der Waals surface area contributed by atoms with Crippen molar-refractivity contribution in [3.63, 3.8) is 0 Å². The van der Waals surface area contributed by atoms with Gasteiger partial charge in [0, 0.05) is 13.1 Å². The first-order valence-electron chi connectivity index (χ1n) is 10.0. The molecule has 0 bridgehead atoms. The molecule has 148 valence electrons. The Bertz CT molecular complexity index is 896. The van der Waals surface area contributed by atoms with E-state index >= 15 is 0 Å². The molecule has 1 aromatic carbocycles. The number of aliphatic carboxylic acids is 1. The van der Waals surface area contributed by atoms with E-state index in [1.54, 1.807) is 11.1 Å². The number of carbonyl (C=O) groups excluding carboxylic acids is 1. The van der Waals surface area contributed by atoms with Crippen LogP contribution in [0.2, 0.25) is 0 Å². The van der Waals surface area contributed by atoms with E-state index in [4.69, 9.17) is 0 Å². The summed E-state index contributed by atoms with van der Waals surface area (Å²) < 4.78 is 1.83. The maximum Gasteiger partial charge on any atom is 0.308 e. The number of rotatable bonds is 5. The van der Waals surface area contributed by atoms with Crippen molar-refractivity contribution in [2.24, 2.45) is 17.8 Å². The Morgan fingerprint density at radius 3 is 2.39 bits per heavy atom. The zero-order valence-electron chi connectivity index (χ0n) is 16.6. The van der Waals surface area contributed by atoms with Gasteiger partial charge in [-0.1, -0.05) is 31.5 Å². The highest BCUT2D eigenvalue weighted by Gasteiger charge is 2.47. The highest BCUT2D eigenvalue weighted by Crippen LogP contribution is 2.44. The average Bonchev–Trinajstić information content (AvgIpc) is 3.24. The molecule has 4 rings (SSSR count). The fourth-order valence-corrected chi connectivity index (χ4v) is 4.40. The summed E-state index contributed by atoms with van der Waals surface area (Å²) in [6.45, 7) is 6.97. The van der Waals surface area contributed by atoms with Gasteiger partial charge in [-0.2, -0.15) is 5.10 Å². The zero-order chi connectivity index (χ0) is 20.0. The molecule has 1 N–H and O–H groups in total. The number of aromatic nitrogens is 2. The summed E-state index contributed by atoms with van der Waals surface area (Å²) >= 11 is 0. The molecule has 2 aromatic rings. The van der Waals surface area contributed by atoms with Crippen LogP contribution < -0.4 is 0 Å². The third kappa shape index (κ3) is 3.32. The van der Waals surface area contributed by atoms with Gasteiger partial charge in [-0.3, -0.25) is 9.59 Å². The molecule has 1 amide bonds. The van der Waals surface area contributed by atoms with Crippen molar-refractivity contribution in [3.05, 3.63) is 47.3 Å². The summed E-state index contributed by atoms with van der Waals surface area (Å²) in [7, 11) is 0. The Balaban J connectivity index is 1.64. The van der Waals surface area contributed by atoms with Crippen LogP contribution in [0, 0.1) is 24.7 Å². The average molecular weight is 381 g/mol. The van der Waals surface area contributed by atoms with Crippen LogP contribution in [0.1, 0.15) is 54.2 Å². The molecule has 2 heterocycles. The topological polar surface area (TPSA) is 75.4 Å². The Hall–Kier alpha value is -2.63. The molecule has 0 spiro atoms. The van der Waals surface area contributed by atoms with Crippen molar-refractivity contribution in [2.75, 3.05) is 13.1 Å². The summed E-state index contributed by atoms with van der Waals surface area (Å²) in [6.07, 6.45) is 3.80. The molecule has 2 fully saturated rings. The van der Waals surface area contributed by atoms with E-state index in [2.05, 4.69) is 18.9 Å². The van der Waals surface area contributed by atoms with E-state index in [-0.39, 0.29) is 17.7 Å². The quantitative estimate of drug-likeness (QED) is 0.860. The Kier molecular flexibility index (Phi) is 4.73. The fourth-order valence-electron chi connectivity index (χ4n) is 4.40. The summed E-state index contributed by atoms with van der Waals surface area (Å²) in [5.41, 5.74) is 3.54. The van der Waals surface area contributed by atoms with Crippen molar-refractivity contribution in [3.8, 4) is 5.69 Å². The van der Waals surface area contributed by atoms with Gasteiger partial charge in [0.15, 0.2) is 0 Å². The van der Waals surface area contributed by atoms with Crippen molar-refractivity contribution < 1.29 is 14.7 Å². The molecule has 1 aliphatic heterocycles. The van der Waals surface area contributed by atoms with Gasteiger partial charge < -0.3 is 10.0 Å². The molecule has 0 radical (unpaired) electrons. The van der Waals surface area contributed by atoms with Gasteiger partial charge in [0.2, 0.25) is 0 Å². The second-order valence-electron chi connectivity index (χ2n) is 8.50. The van der Waals surface area contributed by atoms with Crippen LogP contribution in [0.5, 0.6) is 0 Å². The molecule has 1 saturated heterocycles. The van der Waals surface area contributed by atoms with Gasteiger partial charge >= 0.3 is 5.97 Å². The van der Waals surface area contributed by atoms with E-state index < -0.39 is 11.9 Å². The minimum absolute atomic E-state index is 0.0797. The van der Waals surface area contributed by atoms with E-state index in [0.717, 1.165) is 24.2 Å². The fraction of sp³-hybridized carbons (Fsp3) is 0.500. The third-order valence-corrected chi connectivity index (χ3v) is 6.06. The van der Waals surface area contributed by atoms with Crippen molar-refractivity contribution in [1.82, 2.24) is 14.7 Å². The lowest BCUT2D eigenvalue weighted by atomic mass is 9.92. The Labute approximate surface area is 165 Å². The molecule has 28 heavy (non-hydrogen) atoms. The van der Waals surface area contributed by atoms with E-state index in [1.165, 1.54) is 5.56 Å². The smallest absolute Gasteiger partial charge is 0.308 e. The summed E-state index contributed by atoms with van der Waals surface area (Å²) in [6, 6.07) is 8.06. The normalized spacial score (nSPS) is 22.1. The number of carbonyl (C=O) groups is 2. The monoisotopic (exact) mass is 381 g/mol. The molecule has 6 nitrogen and oxygen atoms in total. The van der Waals surface area contributed by atoms with Gasteiger partial charge in [0.1, 0.15) is 0 Å². The summed E-state index contributed by atoms with van der Waals surface area (Å²) in [4.78, 5) is 26.7. The number of benzene rings is 1. The van der Waals surface area contributed by atoms with Gasteiger partial charge in [0.05, 0.1) is 29.1 Å². The number of hydrogen-bond donors (Lipinski definition) is 1. The molecular weight excluding hydrogens is 354 g/mol. The van der Waals surface area contributed by atoms with Gasteiger partial charge in [-0.25, -0.2) is 4.68 Å². The van der Waals surface area contributed by atoms with Crippen LogP contribution in [0.3, 0.4) is 0 Å². The molecular formula is C22H27N3O3. The predicted octanol–water partition coefficient (Wildman–Crippen LogP) is 3.49. The van der Waals surface area contributed by atoms with Crippen molar-refractivity contribution >= 4 is 11.9 Å². The number of amides is 1. The molecule has 1 aliphatic carbocycles. The van der Waals surface area contributed by atoms with Crippen molar-refractivity contribution in [1.29, 1.82) is 0 Å². The number of carboxylic acids is 1. The van der Waals surface area contributed by atoms with Crippen LogP contribution in [0.15, 0.2) is 30.5 Å². The van der Waals surface area contributed by atoms with E-state index in [9.17, 15) is 14.7 Å². The minimum Gasteiger partial charge on any atom is -0.481 e. The lowest BCUT2D eigenvalue weighted by Crippen LogP contribution is -2.30. The Morgan fingerprint density at radius 1 is 1.14 bits per heavy atom. The number of likely N-dealkylation sites (tertiary alicyclic amines) is 1. The highest BCUT2D eigenvalue weighted by molar-refractivity contribution is 5.96. The minimum atomic E-state index is -0.786. The van der Waals surface area contributed by atoms with Crippen LogP contribution in [0.25, 0.3) is 5.69 Å². The van der Waals surface area contributed by atoms with Gasteiger partial charge in [-0.05, 0) is 49.7 Å². The maximum absolute atomic E-state index is 13.3. The SMILES string of the molecule is Cc1ccc(-n2ncc(C(=O)N3C[C@H](C(=O)O)[C@@H](C4CC4)C3)c2C(C)C)cc1. The van der Waals surface area contributed by atoms with E-state index in [1.807, 2.05) is 35.9 Å². The lowest BCUT2D eigenvalue weighted by molar-refractivity contribution is -0.142. The third-order valence-electron chi connectivity index (χ3n) is 6.06. The van der Waals surface area contributed by atoms with Crippen LogP contribution in [0.4, 0.5) is 0 Å². The van der Waals surface area contributed by atoms with Crippen molar-refractivity contribution in [2.45, 2.75) is 39.5 Å². The number of nitrogens with zero attached hydrogens (tertiary/aromatic N) is 3. The van der Waals surface area contributed by atoms with Crippen LogP contribution >= 0.6 is 0 Å². The predicted molar refractivity (Wildman–Crippen MR) is 106 cm³/mol. The zero-order valence-corrected chi connectivity index (χ0v) is 16.6. The molecule has 1 saturated carbocycles. The number of hydrogen-bond acceptors (Lipinski definition) is 3. The molecule has 2 aliphatic rings. The molecule has 1 aromatic heterocycles. The second kappa shape index (κ2) is 7.08. The standard InChI is InChI=1S/C22H27N3O3/c1-13(2)20-17(10-23-25(20)16-8-4-14(3)5-9-16)21(26)24-11-18(15-6-7-15)19(12-24)22(27)28/h4-5,8-10,13,15,18-19H,6-7,11-12H2,1-3H3,(H,27,28)/t18-,19+/m1/s1. The summed E-state index contributed by atoms with van der Waals surface area (Å²) in [5, 5.41) is 14.1. The first-order chi connectivity index (χ1) is 13.4. The van der Waals surface area contributed by atoms with Crippen LogP contribution in [-0.4, -0.2) is 44.8 Å². The highest BCUT2D eigenvalue weighted by atomic mass is 16.4. The number of carboxylic acid groups (broad SMARTS) is 1. The first-order valence-corrected chi connectivity index (χ1v) is 10.0. The summed E-state index contributed by atoms with van der Waals surface area (Å²) in [5.74, 6) is -0.691. The van der Waals surface area contributed by atoms with Crippen LogP contribution in [-0.2, 0) is 4.79 Å². The van der Waals surface area contributed by atoms with Gasteiger partial charge in [0.25, 0.3) is 5.91 Å². The largest absolute Gasteiger partial charge is 0.481 e. The second-order valence-corrected chi connectivity index (χ2v) is 8.50. The Morgan fingerprint density at radius 2 is 1.82 bits per heavy atom. The van der Waals surface area contributed by atoms with E-state index in [0.29, 0.717) is 24.6 Å². The molecule has 6 heteroatoms. The maximum atomic E-state index is 13.3. The first kappa shape index (κ1) is 18.7. The number of aryl methyl sites for hydroxylation is 1.